The topological polar surface area (TPSA) is 9.86 Å². The Bertz CT molecular complexity index is 2700. The molecule has 1 aliphatic carbocycles. The second-order valence-corrected chi connectivity index (χ2v) is 15.4. The van der Waals surface area contributed by atoms with Crippen LogP contribution < -0.4 is 0 Å². The fourth-order valence-electron chi connectivity index (χ4n) is 8.70. The summed E-state index contributed by atoms with van der Waals surface area (Å²) in [7, 11) is 0. The molecule has 0 saturated heterocycles. The molecule has 0 spiro atoms. The maximum atomic E-state index is 4.64. The molecule has 8 aromatic rings. The molecule has 55 heavy (non-hydrogen) atoms. The Labute approximate surface area is 331 Å². The fraction of sp³-hybridized carbons (Fsp3) is 0.192. The number of thioether (sulfide) groups is 1. The van der Waals surface area contributed by atoms with E-state index in [4.69, 9.17) is 0 Å². The summed E-state index contributed by atoms with van der Waals surface area (Å²) in [4.78, 5) is 2.40. The second-order valence-electron chi connectivity index (χ2n) is 14.3. The van der Waals surface area contributed by atoms with Crippen molar-refractivity contribution in [3.8, 4) is 22.5 Å². The molecule has 276 valence electrons. The molecule has 10 rings (SSSR count). The van der Waals surface area contributed by atoms with Crippen LogP contribution in [0.15, 0.2) is 158 Å². The van der Waals surface area contributed by atoms with Gasteiger partial charge in [-0.25, -0.2) is 0 Å². The third-order valence-electron chi connectivity index (χ3n) is 10.9. The van der Waals surface area contributed by atoms with E-state index in [-0.39, 0.29) is 11.3 Å². The number of hydrogen-bond acceptors (Lipinski definition) is 1. The van der Waals surface area contributed by atoms with E-state index in [1.54, 1.807) is 17.8 Å². The van der Waals surface area contributed by atoms with E-state index >= 15 is 0 Å². The van der Waals surface area contributed by atoms with Crippen LogP contribution in [-0.4, -0.2) is 9.13 Å². The van der Waals surface area contributed by atoms with Crippen LogP contribution in [0.5, 0.6) is 0 Å². The molecule has 2 nitrogen and oxygen atoms in total. The summed E-state index contributed by atoms with van der Waals surface area (Å²) in [5, 5.41) is 3.81. The molecule has 0 radical (unpaired) electrons. The predicted molar refractivity (Wildman–Crippen MR) is 243 cm³/mol. The maximum Gasteiger partial charge on any atom is 0.0561 e. The van der Waals surface area contributed by atoms with Gasteiger partial charge in [-0.1, -0.05) is 158 Å². The van der Waals surface area contributed by atoms with Crippen molar-refractivity contribution in [3.63, 3.8) is 0 Å². The highest BCUT2D eigenvalue weighted by atomic mass is 32.2. The summed E-state index contributed by atoms with van der Waals surface area (Å²) >= 11 is 1.80. The number of para-hydroxylation sites is 2. The first-order valence-corrected chi connectivity index (χ1v) is 20.6. The van der Waals surface area contributed by atoms with E-state index in [1.807, 2.05) is 34.6 Å². The maximum absolute atomic E-state index is 4.64. The minimum absolute atomic E-state index is 0.0717. The Morgan fingerprint density at radius 3 is 2.00 bits per heavy atom. The molecule has 2 aromatic heterocycles. The molecule has 0 saturated carbocycles. The van der Waals surface area contributed by atoms with Gasteiger partial charge in [0.2, 0.25) is 0 Å². The summed E-state index contributed by atoms with van der Waals surface area (Å²) in [6, 6.07) is 49.5. The molecule has 3 heterocycles. The van der Waals surface area contributed by atoms with Gasteiger partial charge in [-0.2, -0.15) is 0 Å². The molecule has 2 aliphatic rings. The monoisotopic (exact) mass is 736 g/mol. The van der Waals surface area contributed by atoms with Crippen LogP contribution >= 0.6 is 11.8 Å². The van der Waals surface area contributed by atoms with Crippen LogP contribution in [0.4, 0.5) is 0 Å². The average molecular weight is 737 g/mol. The SMILES string of the molecule is C=C1Sc2ccccc2C(C)c2c1c1ccccc1n2-c1ccc2c3cc4c(cc3n(-c3ccccc3)c2c1)C(C)(C)c1ccccc1-4.C=CC.CC.CC. The number of hydrogen-bond donors (Lipinski definition) is 0. The molecule has 0 amide bonds. The zero-order valence-electron chi connectivity index (χ0n) is 33.6. The van der Waals surface area contributed by atoms with E-state index in [1.165, 1.54) is 88.1 Å². The summed E-state index contributed by atoms with van der Waals surface area (Å²) in [5.41, 5.74) is 15.4. The van der Waals surface area contributed by atoms with Crippen LogP contribution in [0, 0.1) is 0 Å². The minimum atomic E-state index is -0.0717. The van der Waals surface area contributed by atoms with E-state index < -0.39 is 0 Å². The Hall–Kier alpha value is -5.51. The number of nitrogens with zero attached hydrogens (tertiary/aromatic N) is 2. The van der Waals surface area contributed by atoms with Gasteiger partial charge in [-0.05, 0) is 83.3 Å². The highest BCUT2D eigenvalue weighted by Gasteiger charge is 2.36. The Morgan fingerprint density at radius 1 is 0.600 bits per heavy atom. The summed E-state index contributed by atoms with van der Waals surface area (Å²) in [6.45, 7) is 25.0. The number of allylic oxidation sites excluding steroid dienone is 1. The van der Waals surface area contributed by atoms with Crippen LogP contribution in [0.25, 0.3) is 60.1 Å². The molecule has 1 aliphatic heterocycles. The lowest BCUT2D eigenvalue weighted by Gasteiger charge is -2.21. The third-order valence-corrected chi connectivity index (χ3v) is 12.0. The molecular weight excluding hydrogens is 685 g/mol. The lowest BCUT2D eigenvalue weighted by atomic mass is 9.82. The minimum Gasteiger partial charge on any atom is -0.312 e. The first-order valence-electron chi connectivity index (χ1n) is 19.8. The standard InChI is InChI=1S/C45H34N2S.C3H6.2C2H6/c1-27-31-16-10-13-21-42(31)48-28(2)43-34-18-9-12-20-39(34)47(44(27)43)30-22-23-33-36-25-35-32-17-8-11-19-37(32)45(3,4)38(35)26-41(36)46(40(33)24-30)29-14-6-5-7-15-29;1-3-2;2*1-2/h5-27H,2H2,1,3-4H3;3H,1H2,2H3;2*1-2H3. The molecular formula is C52H52N2S. The van der Waals surface area contributed by atoms with Crippen LogP contribution in [0.2, 0.25) is 0 Å². The van der Waals surface area contributed by atoms with Gasteiger partial charge >= 0.3 is 0 Å². The second kappa shape index (κ2) is 15.3. The van der Waals surface area contributed by atoms with E-state index in [2.05, 4.69) is 177 Å². The molecule has 0 N–H and O–H groups in total. The number of fused-ring (bicyclic) bond motifs is 10. The first kappa shape index (κ1) is 37.8. The van der Waals surface area contributed by atoms with Gasteiger partial charge in [0.05, 0.1) is 16.6 Å². The molecule has 6 aromatic carbocycles. The van der Waals surface area contributed by atoms with Crippen molar-refractivity contribution >= 4 is 49.4 Å². The number of rotatable bonds is 2. The first-order chi connectivity index (χ1) is 26.8. The Kier molecular flexibility index (Phi) is 10.5. The lowest BCUT2D eigenvalue weighted by molar-refractivity contribution is 0.661. The van der Waals surface area contributed by atoms with Crippen molar-refractivity contribution in [3.05, 3.63) is 181 Å². The zero-order valence-corrected chi connectivity index (χ0v) is 34.4. The Balaban J connectivity index is 0.000000627. The third kappa shape index (κ3) is 5.97. The average Bonchev–Trinajstić information content (AvgIpc) is 3.79. The molecule has 0 bridgehead atoms. The zero-order chi connectivity index (χ0) is 39.0. The van der Waals surface area contributed by atoms with Crippen molar-refractivity contribution in [2.24, 2.45) is 0 Å². The number of aromatic nitrogens is 2. The van der Waals surface area contributed by atoms with Gasteiger partial charge in [0.1, 0.15) is 0 Å². The van der Waals surface area contributed by atoms with Crippen molar-refractivity contribution < 1.29 is 0 Å². The van der Waals surface area contributed by atoms with Gasteiger partial charge in [-0.3, -0.25) is 0 Å². The van der Waals surface area contributed by atoms with Crippen molar-refractivity contribution in [2.45, 2.75) is 71.6 Å². The molecule has 0 fully saturated rings. The van der Waals surface area contributed by atoms with Crippen molar-refractivity contribution in [1.82, 2.24) is 9.13 Å². The highest BCUT2D eigenvalue weighted by molar-refractivity contribution is 8.08. The quantitative estimate of drug-likeness (QED) is 0.161. The fourth-order valence-corrected chi connectivity index (χ4v) is 9.79. The molecule has 3 heteroatoms. The van der Waals surface area contributed by atoms with Gasteiger partial charge in [0.25, 0.3) is 0 Å². The Morgan fingerprint density at radius 2 is 1.24 bits per heavy atom. The van der Waals surface area contributed by atoms with Gasteiger partial charge < -0.3 is 9.13 Å². The molecule has 1 unspecified atom stereocenters. The summed E-state index contributed by atoms with van der Waals surface area (Å²) in [6.07, 6.45) is 1.75. The molecule has 1 atom stereocenters. The normalized spacial score (nSPS) is 14.5. The van der Waals surface area contributed by atoms with Crippen LogP contribution in [-0.2, 0) is 5.41 Å². The van der Waals surface area contributed by atoms with Crippen molar-refractivity contribution in [1.29, 1.82) is 0 Å². The van der Waals surface area contributed by atoms with Gasteiger partial charge in [-0.15, -0.1) is 6.58 Å². The summed E-state index contributed by atoms with van der Waals surface area (Å²) < 4.78 is 4.99. The number of benzene rings is 6. The van der Waals surface area contributed by atoms with E-state index in [0.717, 1.165) is 4.91 Å². The van der Waals surface area contributed by atoms with Crippen LogP contribution in [0.1, 0.15) is 89.3 Å². The highest BCUT2D eigenvalue weighted by Crippen LogP contribution is 2.52. The lowest BCUT2D eigenvalue weighted by Crippen LogP contribution is -2.14. The van der Waals surface area contributed by atoms with Crippen molar-refractivity contribution in [2.75, 3.05) is 0 Å². The van der Waals surface area contributed by atoms with Gasteiger partial charge in [0, 0.05) is 59.9 Å². The van der Waals surface area contributed by atoms with E-state index in [0.29, 0.717) is 0 Å². The largest absolute Gasteiger partial charge is 0.312 e. The van der Waals surface area contributed by atoms with Crippen LogP contribution in [0.3, 0.4) is 0 Å². The smallest absolute Gasteiger partial charge is 0.0561 e. The van der Waals surface area contributed by atoms with Gasteiger partial charge in [0.15, 0.2) is 0 Å². The van der Waals surface area contributed by atoms with E-state index in [9.17, 15) is 0 Å². The predicted octanol–water partition coefficient (Wildman–Crippen LogP) is 15.5. The summed E-state index contributed by atoms with van der Waals surface area (Å²) in [5.74, 6) is 0.191.